The van der Waals surface area contributed by atoms with E-state index in [-0.39, 0.29) is 5.78 Å². The van der Waals surface area contributed by atoms with E-state index in [9.17, 15) is 4.79 Å². The third-order valence-corrected chi connectivity index (χ3v) is 3.92. The highest BCUT2D eigenvalue weighted by molar-refractivity contribution is 6.00. The molecule has 0 spiro atoms. The molecule has 0 N–H and O–H groups in total. The lowest BCUT2D eigenvalue weighted by atomic mass is 10.0. The molecule has 0 aliphatic carbocycles. The fraction of sp³-hybridized carbons (Fsp3) is 0.588. The van der Waals surface area contributed by atoms with Crippen LogP contribution >= 0.6 is 0 Å². The lowest BCUT2D eigenvalue weighted by Crippen LogP contribution is -2.27. The zero-order chi connectivity index (χ0) is 14.5. The number of likely N-dealkylation sites (tertiary alicyclic amines) is 1. The minimum Gasteiger partial charge on any atom is -0.493 e. The molecule has 0 bridgehead atoms. The Morgan fingerprint density at radius 2 is 1.85 bits per heavy atom. The Kier molecular flexibility index (Phi) is 5.18. The van der Waals surface area contributed by atoms with Crippen LogP contribution in [0.2, 0.25) is 0 Å². The zero-order valence-corrected chi connectivity index (χ0v) is 12.9. The van der Waals surface area contributed by atoms with E-state index in [4.69, 9.17) is 4.74 Å². The molecule has 0 saturated carbocycles. The summed E-state index contributed by atoms with van der Waals surface area (Å²) in [6.45, 7) is 9.45. The van der Waals surface area contributed by atoms with Gasteiger partial charge in [-0.25, -0.2) is 0 Å². The number of benzene rings is 1. The number of hydrogen-bond acceptors (Lipinski definition) is 3. The first kappa shape index (κ1) is 15.0. The van der Waals surface area contributed by atoms with Gasteiger partial charge in [-0.3, -0.25) is 9.69 Å². The van der Waals surface area contributed by atoms with Gasteiger partial charge in [-0.05, 0) is 69.5 Å². The summed E-state index contributed by atoms with van der Waals surface area (Å²) in [7, 11) is 0. The van der Waals surface area contributed by atoms with Crippen LogP contribution in [0.4, 0.5) is 0 Å². The fourth-order valence-corrected chi connectivity index (χ4v) is 2.57. The predicted octanol–water partition coefficient (Wildman–Crippen LogP) is 3.37. The van der Waals surface area contributed by atoms with Crippen LogP contribution in [0.3, 0.4) is 0 Å². The maximum atomic E-state index is 12.5. The molecule has 0 aromatic heterocycles. The molecule has 1 heterocycles. The van der Waals surface area contributed by atoms with Crippen molar-refractivity contribution in [3.63, 3.8) is 0 Å². The molecule has 1 aromatic carbocycles. The zero-order valence-electron chi connectivity index (χ0n) is 12.9. The third kappa shape index (κ3) is 3.60. The van der Waals surface area contributed by atoms with Gasteiger partial charge in [0.1, 0.15) is 5.75 Å². The van der Waals surface area contributed by atoms with Gasteiger partial charge in [0.15, 0.2) is 5.78 Å². The van der Waals surface area contributed by atoms with Crippen molar-refractivity contribution in [2.75, 3.05) is 26.2 Å². The molecule has 0 radical (unpaired) electrons. The molecule has 3 nitrogen and oxygen atoms in total. The van der Waals surface area contributed by atoms with Crippen LogP contribution in [0, 0.1) is 13.8 Å². The summed E-state index contributed by atoms with van der Waals surface area (Å²) < 4.78 is 5.77. The Morgan fingerprint density at radius 1 is 1.20 bits per heavy atom. The number of ketones is 1. The van der Waals surface area contributed by atoms with Crippen molar-refractivity contribution in [1.82, 2.24) is 4.90 Å². The smallest absolute Gasteiger partial charge is 0.180 e. The standard InChI is InChI=1S/C17H25NO2/c1-4-9-20-17-11-14(3)13(2)10-15(17)16(19)12-18-7-5-6-8-18/h10-11H,4-9,12H2,1-3H3. The average molecular weight is 275 g/mol. The second-order valence-corrected chi connectivity index (χ2v) is 5.69. The van der Waals surface area contributed by atoms with E-state index in [1.54, 1.807) is 0 Å². The van der Waals surface area contributed by atoms with Gasteiger partial charge in [0.25, 0.3) is 0 Å². The number of carbonyl (C=O) groups is 1. The Morgan fingerprint density at radius 3 is 2.50 bits per heavy atom. The fourth-order valence-electron chi connectivity index (χ4n) is 2.57. The lowest BCUT2D eigenvalue weighted by molar-refractivity contribution is 0.0941. The number of carbonyl (C=O) groups excluding carboxylic acids is 1. The van der Waals surface area contributed by atoms with E-state index in [1.807, 2.05) is 19.1 Å². The summed E-state index contributed by atoms with van der Waals surface area (Å²) in [4.78, 5) is 14.8. The van der Waals surface area contributed by atoms with Crippen molar-refractivity contribution in [1.29, 1.82) is 0 Å². The van der Waals surface area contributed by atoms with E-state index < -0.39 is 0 Å². The molecule has 3 heteroatoms. The van der Waals surface area contributed by atoms with E-state index in [1.165, 1.54) is 18.4 Å². The average Bonchev–Trinajstić information content (AvgIpc) is 2.92. The number of rotatable bonds is 6. The number of ether oxygens (including phenoxy) is 1. The van der Waals surface area contributed by atoms with Gasteiger partial charge in [-0.1, -0.05) is 6.92 Å². The summed E-state index contributed by atoms with van der Waals surface area (Å²) in [6, 6.07) is 3.99. The van der Waals surface area contributed by atoms with Crippen molar-refractivity contribution in [3.05, 3.63) is 28.8 Å². The van der Waals surface area contributed by atoms with Crippen molar-refractivity contribution in [2.45, 2.75) is 40.0 Å². The van der Waals surface area contributed by atoms with Crippen LogP contribution in [0.5, 0.6) is 5.75 Å². The van der Waals surface area contributed by atoms with Gasteiger partial charge in [0.05, 0.1) is 18.7 Å². The van der Waals surface area contributed by atoms with Crippen LogP contribution in [0.1, 0.15) is 47.7 Å². The van der Waals surface area contributed by atoms with E-state index >= 15 is 0 Å². The molecular weight excluding hydrogens is 250 g/mol. The maximum absolute atomic E-state index is 12.5. The van der Waals surface area contributed by atoms with Gasteiger partial charge >= 0.3 is 0 Å². The molecule has 20 heavy (non-hydrogen) atoms. The van der Waals surface area contributed by atoms with Gasteiger partial charge in [-0.15, -0.1) is 0 Å². The highest BCUT2D eigenvalue weighted by Gasteiger charge is 2.19. The second kappa shape index (κ2) is 6.89. The largest absolute Gasteiger partial charge is 0.493 e. The second-order valence-electron chi connectivity index (χ2n) is 5.69. The molecule has 1 aliphatic rings. The van der Waals surface area contributed by atoms with Crippen LogP contribution in [-0.2, 0) is 0 Å². The maximum Gasteiger partial charge on any atom is 0.180 e. The topological polar surface area (TPSA) is 29.5 Å². The van der Waals surface area contributed by atoms with Crippen molar-refractivity contribution in [2.24, 2.45) is 0 Å². The molecule has 1 saturated heterocycles. The monoisotopic (exact) mass is 275 g/mol. The summed E-state index contributed by atoms with van der Waals surface area (Å²) in [5.74, 6) is 0.931. The van der Waals surface area contributed by atoms with Crippen LogP contribution < -0.4 is 4.74 Å². The first-order valence-corrected chi connectivity index (χ1v) is 7.61. The molecule has 0 unspecified atom stereocenters. The van der Waals surface area contributed by atoms with Crippen LogP contribution in [0.15, 0.2) is 12.1 Å². The molecule has 1 aliphatic heterocycles. The predicted molar refractivity (Wildman–Crippen MR) is 81.7 cm³/mol. The number of hydrogen-bond donors (Lipinski definition) is 0. The minimum atomic E-state index is 0.182. The van der Waals surface area contributed by atoms with Crippen molar-refractivity contribution < 1.29 is 9.53 Å². The van der Waals surface area contributed by atoms with Crippen LogP contribution in [0.25, 0.3) is 0 Å². The lowest BCUT2D eigenvalue weighted by Gasteiger charge is -2.17. The molecule has 2 rings (SSSR count). The summed E-state index contributed by atoms with van der Waals surface area (Å²) in [5, 5.41) is 0. The Bertz CT molecular complexity index is 476. The summed E-state index contributed by atoms with van der Waals surface area (Å²) >= 11 is 0. The summed E-state index contributed by atoms with van der Waals surface area (Å²) in [6.07, 6.45) is 3.37. The van der Waals surface area contributed by atoms with Gasteiger partial charge in [0, 0.05) is 0 Å². The number of aryl methyl sites for hydroxylation is 2. The van der Waals surface area contributed by atoms with E-state index in [0.29, 0.717) is 13.2 Å². The third-order valence-electron chi connectivity index (χ3n) is 3.92. The Labute approximate surface area is 121 Å². The minimum absolute atomic E-state index is 0.182. The van der Waals surface area contributed by atoms with Crippen molar-refractivity contribution in [3.8, 4) is 5.75 Å². The Balaban J connectivity index is 2.18. The molecule has 0 atom stereocenters. The first-order valence-electron chi connectivity index (χ1n) is 7.61. The number of nitrogens with zero attached hydrogens (tertiary/aromatic N) is 1. The van der Waals surface area contributed by atoms with Gasteiger partial charge < -0.3 is 4.74 Å². The van der Waals surface area contributed by atoms with Crippen LogP contribution in [-0.4, -0.2) is 36.9 Å². The molecule has 110 valence electrons. The highest BCUT2D eigenvalue weighted by atomic mass is 16.5. The first-order chi connectivity index (χ1) is 9.61. The Hall–Kier alpha value is -1.35. The van der Waals surface area contributed by atoms with E-state index in [0.717, 1.165) is 36.4 Å². The molecule has 0 amide bonds. The molecule has 1 aromatic rings. The summed E-state index contributed by atoms with van der Waals surface area (Å²) in [5.41, 5.74) is 3.07. The number of Topliss-reactive ketones (excluding diaryl/α,β-unsaturated/α-hetero) is 1. The van der Waals surface area contributed by atoms with Gasteiger partial charge in [-0.2, -0.15) is 0 Å². The quantitative estimate of drug-likeness (QED) is 0.745. The van der Waals surface area contributed by atoms with E-state index in [2.05, 4.69) is 18.7 Å². The molecule has 1 fully saturated rings. The SMILES string of the molecule is CCCOc1cc(C)c(C)cc1C(=O)CN1CCCC1. The van der Waals surface area contributed by atoms with Crippen molar-refractivity contribution >= 4 is 5.78 Å². The normalized spacial score (nSPS) is 15.6. The molecular formula is C17H25NO2. The van der Waals surface area contributed by atoms with Gasteiger partial charge in [0.2, 0.25) is 0 Å². The highest BCUT2D eigenvalue weighted by Crippen LogP contribution is 2.25.